The second kappa shape index (κ2) is 5.32. The first-order chi connectivity index (χ1) is 7.84. The van der Waals surface area contributed by atoms with Gasteiger partial charge in [0, 0.05) is 5.69 Å². The van der Waals surface area contributed by atoms with E-state index in [0.29, 0.717) is 0 Å². The van der Waals surface area contributed by atoms with E-state index in [9.17, 15) is 4.79 Å². The molecule has 0 radical (unpaired) electrons. The highest BCUT2D eigenvalue weighted by atomic mass is 16.2. The van der Waals surface area contributed by atoms with Crippen LogP contribution in [0.4, 0.5) is 5.69 Å². The van der Waals surface area contributed by atoms with Crippen LogP contribution in [0.2, 0.25) is 0 Å². The summed E-state index contributed by atoms with van der Waals surface area (Å²) < 4.78 is 0. The predicted molar refractivity (Wildman–Crippen MR) is 71.9 cm³/mol. The maximum Gasteiger partial charge on any atom is 0.241 e. The van der Waals surface area contributed by atoms with Crippen LogP contribution in [0, 0.1) is 5.41 Å². The Morgan fingerprint density at radius 3 is 2.24 bits per heavy atom. The highest BCUT2D eigenvalue weighted by Crippen LogP contribution is 2.19. The molecule has 0 spiro atoms. The highest BCUT2D eigenvalue weighted by molar-refractivity contribution is 5.95. The number of nitrogens with two attached hydrogens (primary N) is 1. The van der Waals surface area contributed by atoms with Crippen molar-refractivity contribution in [3.63, 3.8) is 0 Å². The van der Waals surface area contributed by atoms with Crippen LogP contribution in [0.15, 0.2) is 24.3 Å². The maximum atomic E-state index is 11.9. The molecular weight excluding hydrogens is 212 g/mol. The van der Waals surface area contributed by atoms with Gasteiger partial charge in [-0.1, -0.05) is 39.8 Å². The number of carbonyl (C=O) groups excluding carboxylic acids is 1. The summed E-state index contributed by atoms with van der Waals surface area (Å²) in [7, 11) is 0. The van der Waals surface area contributed by atoms with Crippen LogP contribution < -0.4 is 11.1 Å². The van der Waals surface area contributed by atoms with Gasteiger partial charge in [0.05, 0.1) is 6.04 Å². The molecule has 0 aromatic heterocycles. The van der Waals surface area contributed by atoms with Crippen LogP contribution >= 0.6 is 0 Å². The molecule has 3 N–H and O–H groups in total. The van der Waals surface area contributed by atoms with Crippen molar-refractivity contribution in [1.82, 2.24) is 0 Å². The van der Waals surface area contributed by atoms with Gasteiger partial charge in [-0.25, -0.2) is 0 Å². The Bertz CT molecular complexity index is 376. The van der Waals surface area contributed by atoms with Crippen LogP contribution in [0.5, 0.6) is 0 Å². The average Bonchev–Trinajstić information content (AvgIpc) is 2.27. The lowest BCUT2D eigenvalue weighted by Gasteiger charge is -2.25. The quantitative estimate of drug-likeness (QED) is 0.844. The number of nitrogens with one attached hydrogen (secondary N) is 1. The molecule has 3 heteroatoms. The summed E-state index contributed by atoms with van der Waals surface area (Å²) in [6, 6.07) is 7.34. The summed E-state index contributed by atoms with van der Waals surface area (Å²) in [4.78, 5) is 11.9. The van der Waals surface area contributed by atoms with Crippen molar-refractivity contribution in [2.24, 2.45) is 11.1 Å². The van der Waals surface area contributed by atoms with Crippen molar-refractivity contribution in [2.75, 3.05) is 5.32 Å². The van der Waals surface area contributed by atoms with Gasteiger partial charge in [0.15, 0.2) is 0 Å². The first-order valence-electron chi connectivity index (χ1n) is 6.00. The summed E-state index contributed by atoms with van der Waals surface area (Å²) >= 11 is 0. The number of amides is 1. The maximum absolute atomic E-state index is 11.9. The molecular formula is C14H22N2O. The van der Waals surface area contributed by atoms with Gasteiger partial charge in [0.25, 0.3) is 0 Å². The number of benzene rings is 1. The lowest BCUT2D eigenvalue weighted by atomic mass is 9.87. The van der Waals surface area contributed by atoms with Gasteiger partial charge >= 0.3 is 0 Å². The fraction of sp³-hybridized carbons (Fsp3) is 0.500. The fourth-order valence-electron chi connectivity index (χ4n) is 1.44. The minimum Gasteiger partial charge on any atom is -0.325 e. The SMILES string of the molecule is CCc1ccc(NC(=O)C(N)C(C)(C)C)cc1. The summed E-state index contributed by atoms with van der Waals surface area (Å²) in [6.07, 6.45) is 0.996. The minimum atomic E-state index is -0.506. The van der Waals surface area contributed by atoms with E-state index in [1.165, 1.54) is 5.56 Å². The Hall–Kier alpha value is -1.35. The molecule has 0 saturated heterocycles. The van der Waals surface area contributed by atoms with Crippen molar-refractivity contribution >= 4 is 11.6 Å². The first-order valence-corrected chi connectivity index (χ1v) is 6.00. The molecule has 0 aliphatic carbocycles. The van der Waals surface area contributed by atoms with Gasteiger partial charge < -0.3 is 11.1 Å². The Kier molecular flexibility index (Phi) is 4.29. The molecule has 17 heavy (non-hydrogen) atoms. The Balaban J connectivity index is 2.68. The Labute approximate surface area is 103 Å². The molecule has 0 bridgehead atoms. The lowest BCUT2D eigenvalue weighted by molar-refractivity contribution is -0.119. The van der Waals surface area contributed by atoms with E-state index in [1.54, 1.807) is 0 Å². The minimum absolute atomic E-state index is 0.137. The van der Waals surface area contributed by atoms with Gasteiger partial charge in [-0.3, -0.25) is 4.79 Å². The van der Waals surface area contributed by atoms with Crippen LogP contribution in [-0.2, 0) is 11.2 Å². The van der Waals surface area contributed by atoms with E-state index in [-0.39, 0.29) is 11.3 Å². The topological polar surface area (TPSA) is 55.1 Å². The molecule has 94 valence electrons. The molecule has 0 saturated carbocycles. The molecule has 1 unspecified atom stereocenters. The molecule has 3 nitrogen and oxygen atoms in total. The number of anilines is 1. The fourth-order valence-corrected chi connectivity index (χ4v) is 1.44. The van der Waals surface area contributed by atoms with Crippen molar-refractivity contribution in [3.8, 4) is 0 Å². The van der Waals surface area contributed by atoms with Crippen molar-refractivity contribution in [3.05, 3.63) is 29.8 Å². The van der Waals surface area contributed by atoms with Gasteiger partial charge in [-0.15, -0.1) is 0 Å². The number of carbonyl (C=O) groups is 1. The van der Waals surface area contributed by atoms with Gasteiger partial charge in [0.2, 0.25) is 5.91 Å². The van der Waals surface area contributed by atoms with Crippen LogP contribution in [-0.4, -0.2) is 11.9 Å². The molecule has 1 amide bonds. The average molecular weight is 234 g/mol. The van der Waals surface area contributed by atoms with Crippen molar-refractivity contribution in [1.29, 1.82) is 0 Å². The standard InChI is InChI=1S/C14H22N2O/c1-5-10-6-8-11(9-7-10)16-13(17)12(15)14(2,3)4/h6-9,12H,5,15H2,1-4H3,(H,16,17). The lowest BCUT2D eigenvalue weighted by Crippen LogP contribution is -2.45. The second-order valence-electron chi connectivity index (χ2n) is 5.38. The van der Waals surface area contributed by atoms with E-state index in [1.807, 2.05) is 45.0 Å². The normalized spacial score (nSPS) is 13.2. The zero-order valence-electron chi connectivity index (χ0n) is 11.1. The van der Waals surface area contributed by atoms with E-state index in [4.69, 9.17) is 5.73 Å². The van der Waals surface area contributed by atoms with Crippen LogP contribution in [0.1, 0.15) is 33.3 Å². The third kappa shape index (κ3) is 3.86. The summed E-state index contributed by atoms with van der Waals surface area (Å²) in [5, 5.41) is 2.84. The van der Waals surface area contributed by atoms with E-state index < -0.39 is 6.04 Å². The third-order valence-electron chi connectivity index (χ3n) is 2.85. The predicted octanol–water partition coefficient (Wildman–Crippen LogP) is 2.56. The van der Waals surface area contributed by atoms with Crippen LogP contribution in [0.3, 0.4) is 0 Å². The zero-order chi connectivity index (χ0) is 13.1. The monoisotopic (exact) mass is 234 g/mol. The molecule has 0 heterocycles. The Morgan fingerprint density at radius 1 is 1.29 bits per heavy atom. The third-order valence-corrected chi connectivity index (χ3v) is 2.85. The summed E-state index contributed by atoms with van der Waals surface area (Å²) in [5.74, 6) is -0.137. The first kappa shape index (κ1) is 13.7. The van der Waals surface area contributed by atoms with E-state index in [2.05, 4.69) is 12.2 Å². The molecule has 1 atom stereocenters. The van der Waals surface area contributed by atoms with Crippen molar-refractivity contribution in [2.45, 2.75) is 40.2 Å². The molecule has 0 aliphatic rings. The zero-order valence-corrected chi connectivity index (χ0v) is 11.1. The number of aryl methyl sites for hydroxylation is 1. The van der Waals surface area contributed by atoms with Gasteiger partial charge in [-0.05, 0) is 29.5 Å². The van der Waals surface area contributed by atoms with E-state index >= 15 is 0 Å². The molecule has 1 aromatic rings. The summed E-state index contributed by atoms with van der Waals surface area (Å²) in [5.41, 5.74) is 7.71. The second-order valence-corrected chi connectivity index (χ2v) is 5.38. The smallest absolute Gasteiger partial charge is 0.241 e. The van der Waals surface area contributed by atoms with E-state index in [0.717, 1.165) is 12.1 Å². The Morgan fingerprint density at radius 2 is 1.82 bits per heavy atom. The van der Waals surface area contributed by atoms with Gasteiger partial charge in [-0.2, -0.15) is 0 Å². The molecule has 1 rings (SSSR count). The molecule has 0 aliphatic heterocycles. The highest BCUT2D eigenvalue weighted by Gasteiger charge is 2.27. The molecule has 1 aromatic carbocycles. The van der Waals surface area contributed by atoms with Crippen molar-refractivity contribution < 1.29 is 4.79 Å². The largest absolute Gasteiger partial charge is 0.325 e. The number of hydrogen-bond donors (Lipinski definition) is 2. The molecule has 0 fully saturated rings. The summed E-state index contributed by atoms with van der Waals surface area (Å²) in [6.45, 7) is 7.97. The van der Waals surface area contributed by atoms with Gasteiger partial charge in [0.1, 0.15) is 0 Å². The van der Waals surface area contributed by atoms with Crippen LogP contribution in [0.25, 0.3) is 0 Å². The number of hydrogen-bond acceptors (Lipinski definition) is 2. The number of rotatable bonds is 3.